The minimum Gasteiger partial charge on any atom is -0.481 e. The van der Waals surface area contributed by atoms with Gasteiger partial charge < -0.3 is 14.7 Å². The van der Waals surface area contributed by atoms with E-state index >= 15 is 0 Å². The molecule has 0 bridgehead atoms. The summed E-state index contributed by atoms with van der Waals surface area (Å²) in [5.74, 6) is -0.654. The minimum atomic E-state index is -0.789. The zero-order valence-corrected chi connectivity index (χ0v) is 10.8. The number of carbonyl (C=O) groups excluding carboxylic acids is 1. The molecule has 0 aromatic heterocycles. The summed E-state index contributed by atoms with van der Waals surface area (Å²) < 4.78 is 5.26. The molecular formula is C14H17NO4. The van der Waals surface area contributed by atoms with Gasteiger partial charge in [0.05, 0.1) is 5.92 Å². The van der Waals surface area contributed by atoms with E-state index in [-0.39, 0.29) is 12.0 Å². The number of likely N-dealkylation sites (tertiary alicyclic amines) is 1. The van der Waals surface area contributed by atoms with Crippen molar-refractivity contribution in [3.8, 4) is 5.75 Å². The topological polar surface area (TPSA) is 66.8 Å². The van der Waals surface area contributed by atoms with E-state index in [0.29, 0.717) is 25.1 Å². The number of carboxylic acid groups (broad SMARTS) is 1. The molecule has 5 heteroatoms. The molecule has 5 nitrogen and oxygen atoms in total. The normalized spacial score (nSPS) is 22.9. The molecule has 1 N–H and O–H groups in total. The number of benzene rings is 1. The van der Waals surface area contributed by atoms with Crippen LogP contribution < -0.4 is 4.74 Å². The van der Waals surface area contributed by atoms with Crippen LogP contribution in [0.4, 0.5) is 4.79 Å². The van der Waals surface area contributed by atoms with Crippen molar-refractivity contribution < 1.29 is 19.4 Å². The lowest BCUT2D eigenvalue weighted by Gasteiger charge is -2.35. The number of nitrogens with zero attached hydrogens (tertiary/aromatic N) is 1. The van der Waals surface area contributed by atoms with E-state index in [2.05, 4.69) is 0 Å². The predicted molar refractivity (Wildman–Crippen MR) is 69.0 cm³/mol. The summed E-state index contributed by atoms with van der Waals surface area (Å²) >= 11 is 0. The van der Waals surface area contributed by atoms with Crippen molar-refractivity contribution in [3.05, 3.63) is 30.3 Å². The molecule has 0 saturated carbocycles. The first-order chi connectivity index (χ1) is 9.08. The zero-order valence-electron chi connectivity index (χ0n) is 10.8. The SMILES string of the molecule is CC1CC(C(=O)O)CCN1C(=O)Oc1ccccc1. The molecule has 0 spiro atoms. The molecule has 1 saturated heterocycles. The number of hydrogen-bond donors (Lipinski definition) is 1. The highest BCUT2D eigenvalue weighted by Gasteiger charge is 2.33. The van der Waals surface area contributed by atoms with Crippen LogP contribution in [0, 0.1) is 5.92 Å². The van der Waals surface area contributed by atoms with Crippen molar-refractivity contribution in [3.63, 3.8) is 0 Å². The van der Waals surface area contributed by atoms with Gasteiger partial charge in [-0.2, -0.15) is 0 Å². The lowest BCUT2D eigenvalue weighted by Crippen LogP contribution is -2.47. The second-order valence-electron chi connectivity index (χ2n) is 4.78. The van der Waals surface area contributed by atoms with Gasteiger partial charge in [0.2, 0.25) is 0 Å². The van der Waals surface area contributed by atoms with E-state index in [0.717, 1.165) is 0 Å². The van der Waals surface area contributed by atoms with E-state index in [1.165, 1.54) is 0 Å². The monoisotopic (exact) mass is 263 g/mol. The summed E-state index contributed by atoms with van der Waals surface area (Å²) in [4.78, 5) is 24.5. The van der Waals surface area contributed by atoms with Crippen LogP contribution in [0.3, 0.4) is 0 Å². The summed E-state index contributed by atoms with van der Waals surface area (Å²) in [5, 5.41) is 8.98. The van der Waals surface area contributed by atoms with Gasteiger partial charge in [-0.1, -0.05) is 18.2 Å². The number of piperidine rings is 1. The van der Waals surface area contributed by atoms with Crippen LogP contribution in [-0.2, 0) is 4.79 Å². The first kappa shape index (κ1) is 13.4. The van der Waals surface area contributed by atoms with E-state index in [1.54, 1.807) is 29.2 Å². The molecule has 19 heavy (non-hydrogen) atoms. The van der Waals surface area contributed by atoms with Crippen molar-refractivity contribution in [2.24, 2.45) is 5.92 Å². The molecule has 1 heterocycles. The minimum absolute atomic E-state index is 0.119. The fourth-order valence-corrected chi connectivity index (χ4v) is 2.32. The van der Waals surface area contributed by atoms with Gasteiger partial charge in [0, 0.05) is 12.6 Å². The average Bonchev–Trinajstić information content (AvgIpc) is 2.39. The van der Waals surface area contributed by atoms with Gasteiger partial charge in [0.1, 0.15) is 5.75 Å². The Balaban J connectivity index is 1.95. The first-order valence-corrected chi connectivity index (χ1v) is 6.34. The van der Waals surface area contributed by atoms with Gasteiger partial charge in [-0.25, -0.2) is 4.79 Å². The van der Waals surface area contributed by atoms with Gasteiger partial charge in [0.25, 0.3) is 0 Å². The quantitative estimate of drug-likeness (QED) is 0.889. The number of amides is 1. The molecule has 0 aliphatic carbocycles. The molecule has 1 aliphatic rings. The Morgan fingerprint density at radius 3 is 2.58 bits per heavy atom. The molecule has 2 rings (SSSR count). The Morgan fingerprint density at radius 2 is 2.00 bits per heavy atom. The Labute approximate surface area is 111 Å². The number of ether oxygens (including phenoxy) is 1. The lowest BCUT2D eigenvalue weighted by molar-refractivity contribution is -0.143. The second-order valence-corrected chi connectivity index (χ2v) is 4.78. The maximum absolute atomic E-state index is 12.0. The number of aliphatic carboxylic acids is 1. The fourth-order valence-electron chi connectivity index (χ4n) is 2.32. The van der Waals surface area contributed by atoms with Crippen molar-refractivity contribution in [1.29, 1.82) is 0 Å². The van der Waals surface area contributed by atoms with Crippen molar-refractivity contribution in [2.75, 3.05) is 6.54 Å². The summed E-state index contributed by atoms with van der Waals surface area (Å²) in [6.07, 6.45) is 0.533. The summed E-state index contributed by atoms with van der Waals surface area (Å²) in [7, 11) is 0. The van der Waals surface area contributed by atoms with Gasteiger partial charge >= 0.3 is 12.1 Å². The van der Waals surface area contributed by atoms with Gasteiger partial charge in [-0.05, 0) is 31.9 Å². The summed E-state index contributed by atoms with van der Waals surface area (Å²) in [6, 6.07) is 8.74. The molecule has 2 atom stereocenters. The third-order valence-corrected chi connectivity index (χ3v) is 3.41. The lowest BCUT2D eigenvalue weighted by atomic mass is 9.92. The molecule has 1 aliphatic heterocycles. The van der Waals surface area contributed by atoms with Gasteiger partial charge in [-0.3, -0.25) is 4.79 Å². The maximum Gasteiger partial charge on any atom is 0.415 e. The van der Waals surface area contributed by atoms with Crippen LogP contribution in [0.2, 0.25) is 0 Å². The van der Waals surface area contributed by atoms with Crippen LogP contribution in [0.5, 0.6) is 5.75 Å². The van der Waals surface area contributed by atoms with E-state index in [1.807, 2.05) is 13.0 Å². The maximum atomic E-state index is 12.0. The Bertz CT molecular complexity index is 460. The number of rotatable bonds is 2. The number of carboxylic acids is 1. The van der Waals surface area contributed by atoms with E-state index in [4.69, 9.17) is 9.84 Å². The smallest absolute Gasteiger partial charge is 0.415 e. The molecule has 1 fully saturated rings. The largest absolute Gasteiger partial charge is 0.481 e. The van der Waals surface area contributed by atoms with E-state index in [9.17, 15) is 9.59 Å². The Morgan fingerprint density at radius 1 is 1.32 bits per heavy atom. The number of para-hydroxylation sites is 1. The second kappa shape index (κ2) is 5.73. The van der Waals surface area contributed by atoms with Crippen LogP contribution in [-0.4, -0.2) is 34.7 Å². The highest BCUT2D eigenvalue weighted by Crippen LogP contribution is 2.24. The summed E-state index contributed by atoms with van der Waals surface area (Å²) in [5.41, 5.74) is 0. The van der Waals surface area contributed by atoms with Crippen molar-refractivity contribution in [1.82, 2.24) is 4.90 Å². The number of hydrogen-bond acceptors (Lipinski definition) is 3. The molecule has 1 aromatic rings. The number of carbonyl (C=O) groups is 2. The van der Waals surface area contributed by atoms with Gasteiger partial charge in [-0.15, -0.1) is 0 Å². The van der Waals surface area contributed by atoms with Crippen LogP contribution >= 0.6 is 0 Å². The first-order valence-electron chi connectivity index (χ1n) is 6.34. The molecule has 1 aromatic carbocycles. The predicted octanol–water partition coefficient (Wildman–Crippen LogP) is 2.37. The zero-order chi connectivity index (χ0) is 13.8. The third-order valence-electron chi connectivity index (χ3n) is 3.41. The van der Waals surface area contributed by atoms with Crippen LogP contribution in [0.1, 0.15) is 19.8 Å². The summed E-state index contributed by atoms with van der Waals surface area (Å²) in [6.45, 7) is 2.27. The van der Waals surface area contributed by atoms with E-state index < -0.39 is 12.1 Å². The van der Waals surface area contributed by atoms with Crippen molar-refractivity contribution >= 4 is 12.1 Å². The standard InChI is InChI=1S/C14H17NO4/c1-10-9-11(13(16)17)7-8-15(10)14(18)19-12-5-3-2-4-6-12/h2-6,10-11H,7-9H2,1H3,(H,16,17). The Kier molecular flexibility index (Phi) is 4.04. The van der Waals surface area contributed by atoms with Crippen molar-refractivity contribution in [2.45, 2.75) is 25.8 Å². The molecule has 0 radical (unpaired) electrons. The van der Waals surface area contributed by atoms with Crippen LogP contribution in [0.25, 0.3) is 0 Å². The molecule has 2 unspecified atom stereocenters. The highest BCUT2D eigenvalue weighted by atomic mass is 16.6. The molecular weight excluding hydrogens is 246 g/mol. The third kappa shape index (κ3) is 3.24. The molecule has 102 valence electrons. The molecule has 1 amide bonds. The average molecular weight is 263 g/mol. The fraction of sp³-hybridized carbons (Fsp3) is 0.429. The van der Waals surface area contributed by atoms with Gasteiger partial charge in [0.15, 0.2) is 0 Å². The Hall–Kier alpha value is -2.04. The van der Waals surface area contributed by atoms with Crippen LogP contribution in [0.15, 0.2) is 30.3 Å². The highest BCUT2D eigenvalue weighted by molar-refractivity contribution is 5.73.